The topological polar surface area (TPSA) is 190 Å². The summed E-state index contributed by atoms with van der Waals surface area (Å²) in [5.41, 5.74) is 3.87. The van der Waals surface area contributed by atoms with Gasteiger partial charge in [0.1, 0.15) is 12.0 Å². The van der Waals surface area contributed by atoms with Crippen molar-refractivity contribution < 1.29 is 49.0 Å². The third-order valence-electron chi connectivity index (χ3n) is 7.99. The largest absolute Gasteiger partial charge is 0.504 e. The van der Waals surface area contributed by atoms with E-state index in [1.807, 2.05) is 11.8 Å². The fourth-order valence-corrected chi connectivity index (χ4v) is 6.67. The summed E-state index contributed by atoms with van der Waals surface area (Å²) in [5.74, 6) is -2.14. The normalized spacial score (nSPS) is 13.2. The maximum atomic E-state index is 12.6. The Morgan fingerprint density at radius 3 is 1.87 bits per heavy atom. The summed E-state index contributed by atoms with van der Waals surface area (Å²) in [5, 5.41) is 42.6. The van der Waals surface area contributed by atoms with E-state index < -0.39 is 24.1 Å². The molecule has 0 amide bonds. The van der Waals surface area contributed by atoms with Crippen LogP contribution in [0.25, 0.3) is 22.1 Å². The number of benzene rings is 4. The summed E-state index contributed by atoms with van der Waals surface area (Å²) in [4.78, 5) is 39.6. The molecule has 1 aliphatic heterocycles. The number of para-hydroxylation sites is 2. The molecule has 0 fully saturated rings. The summed E-state index contributed by atoms with van der Waals surface area (Å²) in [6.07, 6.45) is -3.16. The molecule has 4 aromatic carbocycles. The molecule has 14 heteroatoms. The Kier molecular flexibility index (Phi) is 13.9. The zero-order chi connectivity index (χ0) is 38.8. The van der Waals surface area contributed by atoms with Crippen LogP contribution < -0.4 is 19.8 Å². The van der Waals surface area contributed by atoms with E-state index >= 15 is 0 Å². The number of anilines is 2. The van der Waals surface area contributed by atoms with Gasteiger partial charge in [-0.3, -0.25) is 4.79 Å². The Hall–Kier alpha value is -5.54. The molecule has 13 nitrogen and oxygen atoms in total. The van der Waals surface area contributed by atoms with Crippen LogP contribution in [0.3, 0.4) is 0 Å². The monoisotopic (exact) mass is 746 g/mol. The number of fused-ring (bicyclic) bond motifs is 3. The summed E-state index contributed by atoms with van der Waals surface area (Å²) in [6, 6.07) is 27.5. The minimum Gasteiger partial charge on any atom is -0.504 e. The van der Waals surface area contributed by atoms with Crippen molar-refractivity contribution in [3.63, 3.8) is 0 Å². The average molecular weight is 747 g/mol. The molecular weight excluding hydrogens is 704 g/mol. The molecule has 6 rings (SSSR count). The Bertz CT molecular complexity index is 2020. The van der Waals surface area contributed by atoms with Crippen molar-refractivity contribution in [1.29, 1.82) is 0 Å². The number of hydrogen-bond acceptors (Lipinski definition) is 12. The molecule has 1 aliphatic rings. The van der Waals surface area contributed by atoms with Crippen molar-refractivity contribution >= 4 is 46.0 Å². The number of carbonyl (C=O) groups is 2. The minimum absolute atomic E-state index is 0.0738. The van der Waals surface area contributed by atoms with Gasteiger partial charge in [0.05, 0.1) is 36.5 Å². The Balaban J connectivity index is 0.000000191. The summed E-state index contributed by atoms with van der Waals surface area (Å²) in [7, 11) is 7.28. The zero-order valence-electron chi connectivity index (χ0n) is 29.8. The lowest BCUT2D eigenvalue weighted by Gasteiger charge is -2.35. The highest BCUT2D eigenvalue weighted by molar-refractivity contribution is 7.99. The SMILES string of the molecule is CC(CN(C)C)CN1c2ccccc2Sc2ccccc21.COc1ccc(-c2coc3c(OC)c(O)ccc3c2=O)cc1.O=C(O)C(O)C(O)C(=O)O. The Morgan fingerprint density at radius 2 is 1.38 bits per heavy atom. The number of rotatable bonds is 10. The van der Waals surface area contributed by atoms with Crippen LogP contribution in [0.1, 0.15) is 6.92 Å². The minimum atomic E-state index is -2.27. The van der Waals surface area contributed by atoms with Gasteiger partial charge in [0, 0.05) is 22.9 Å². The molecule has 53 heavy (non-hydrogen) atoms. The molecule has 280 valence electrons. The Labute approximate surface area is 310 Å². The number of phenolic OH excluding ortho intramolecular Hbond substituents is 1. The van der Waals surface area contributed by atoms with Crippen LogP contribution in [-0.2, 0) is 9.59 Å². The molecule has 0 radical (unpaired) electrons. The maximum Gasteiger partial charge on any atom is 0.335 e. The Morgan fingerprint density at radius 1 is 0.830 bits per heavy atom. The van der Waals surface area contributed by atoms with Crippen LogP contribution in [0.5, 0.6) is 17.2 Å². The molecule has 2 heterocycles. The number of phenols is 1. The van der Waals surface area contributed by atoms with Crippen molar-refractivity contribution in [2.45, 2.75) is 28.9 Å². The number of carboxylic acid groups (broad SMARTS) is 2. The molecule has 5 N–H and O–H groups in total. The lowest BCUT2D eigenvalue weighted by molar-refractivity contribution is -0.165. The van der Waals surface area contributed by atoms with Gasteiger partial charge in [0.2, 0.25) is 11.2 Å². The van der Waals surface area contributed by atoms with Crippen LogP contribution in [0.4, 0.5) is 11.4 Å². The first-order chi connectivity index (χ1) is 25.3. The van der Waals surface area contributed by atoms with E-state index in [4.69, 9.17) is 34.3 Å². The predicted molar refractivity (Wildman–Crippen MR) is 202 cm³/mol. The summed E-state index contributed by atoms with van der Waals surface area (Å²) >= 11 is 1.88. The molecule has 0 spiro atoms. The van der Waals surface area contributed by atoms with Crippen molar-refractivity contribution in [1.82, 2.24) is 4.90 Å². The van der Waals surface area contributed by atoms with Crippen molar-refractivity contribution in [2.75, 3.05) is 46.3 Å². The number of carboxylic acids is 2. The molecule has 5 aromatic rings. The third-order valence-corrected chi connectivity index (χ3v) is 9.12. The standard InChI is InChI=1S/C18H22N2S.C17H14O5.C4H6O6/c1-14(12-19(2)3)13-20-15-8-4-6-10-17(15)21-18-11-7-5-9-16(18)20;1-20-11-5-3-10(4-6-11)13-9-22-16-12(15(13)19)7-8-14(18)17(16)21-2;5-1(3(7)8)2(6)4(9)10/h4-11,14H,12-13H2,1-3H3;3-9,18H,1-2H3;1-2,5-6H,(H,7,8)(H,9,10). The maximum absolute atomic E-state index is 12.6. The fraction of sp³-hybridized carbons (Fsp3) is 0.256. The van der Waals surface area contributed by atoms with Crippen molar-refractivity contribution in [2.24, 2.45) is 5.92 Å². The fourth-order valence-electron chi connectivity index (χ4n) is 5.57. The van der Waals surface area contributed by atoms with E-state index in [9.17, 15) is 19.5 Å². The molecule has 0 saturated carbocycles. The van der Waals surface area contributed by atoms with Crippen LogP contribution in [0.15, 0.2) is 110 Å². The quantitative estimate of drug-likeness (QED) is 0.120. The van der Waals surface area contributed by atoms with Gasteiger partial charge < -0.3 is 49.2 Å². The molecule has 0 bridgehead atoms. The van der Waals surface area contributed by atoms with Gasteiger partial charge in [-0.05, 0) is 74.1 Å². The van der Waals surface area contributed by atoms with Gasteiger partial charge >= 0.3 is 11.9 Å². The van der Waals surface area contributed by atoms with Crippen molar-refractivity contribution in [3.05, 3.63) is 101 Å². The lowest BCUT2D eigenvalue weighted by Crippen LogP contribution is -2.39. The number of ether oxygens (including phenoxy) is 2. The number of aliphatic hydroxyl groups excluding tert-OH is 2. The summed E-state index contributed by atoms with van der Waals surface area (Å²) in [6.45, 7) is 4.48. The van der Waals surface area contributed by atoms with Crippen LogP contribution in [-0.4, -0.2) is 96.0 Å². The molecule has 0 saturated heterocycles. The van der Waals surface area contributed by atoms with Gasteiger partial charge in [-0.1, -0.05) is 55.1 Å². The molecule has 3 unspecified atom stereocenters. The first-order valence-corrected chi connectivity index (χ1v) is 17.1. The molecule has 1 aromatic heterocycles. The number of aliphatic hydroxyl groups is 2. The van der Waals surface area contributed by atoms with Gasteiger partial charge in [-0.2, -0.15) is 0 Å². The number of aromatic hydroxyl groups is 1. The highest BCUT2D eigenvalue weighted by atomic mass is 32.2. The van der Waals surface area contributed by atoms with Crippen LogP contribution in [0.2, 0.25) is 0 Å². The second-order valence-corrected chi connectivity index (χ2v) is 13.4. The smallest absolute Gasteiger partial charge is 0.335 e. The van der Waals surface area contributed by atoms with Gasteiger partial charge in [-0.25, -0.2) is 9.59 Å². The average Bonchev–Trinajstić information content (AvgIpc) is 3.14. The first kappa shape index (κ1) is 40.2. The second kappa shape index (κ2) is 18.3. The number of nitrogens with zero attached hydrogens (tertiary/aromatic N) is 2. The number of aliphatic carboxylic acids is 2. The van der Waals surface area contributed by atoms with Crippen LogP contribution >= 0.6 is 11.8 Å². The van der Waals surface area contributed by atoms with E-state index in [-0.39, 0.29) is 22.5 Å². The number of hydrogen-bond donors (Lipinski definition) is 5. The van der Waals surface area contributed by atoms with Gasteiger partial charge in [-0.15, -0.1) is 0 Å². The van der Waals surface area contributed by atoms with E-state index in [0.717, 1.165) is 18.7 Å². The summed E-state index contributed by atoms with van der Waals surface area (Å²) < 4.78 is 15.7. The zero-order valence-corrected chi connectivity index (χ0v) is 30.6. The number of methoxy groups -OCH3 is 2. The van der Waals surface area contributed by atoms with Gasteiger partial charge in [0.15, 0.2) is 23.5 Å². The van der Waals surface area contributed by atoms with E-state index in [1.165, 1.54) is 46.7 Å². The van der Waals surface area contributed by atoms with Crippen LogP contribution in [0, 0.1) is 5.92 Å². The highest BCUT2D eigenvalue weighted by Crippen LogP contribution is 2.48. The second-order valence-electron chi connectivity index (χ2n) is 12.3. The van der Waals surface area contributed by atoms with E-state index in [0.29, 0.717) is 22.6 Å². The molecule has 3 atom stereocenters. The van der Waals surface area contributed by atoms with E-state index in [1.54, 1.807) is 31.4 Å². The molecular formula is C39H42N2O11S. The molecule has 0 aliphatic carbocycles. The predicted octanol–water partition coefficient (Wildman–Crippen LogP) is 5.55. The lowest BCUT2D eigenvalue weighted by atomic mass is 10.1. The third kappa shape index (κ3) is 9.87. The van der Waals surface area contributed by atoms with Gasteiger partial charge in [0.25, 0.3) is 0 Å². The van der Waals surface area contributed by atoms with E-state index in [2.05, 4.69) is 79.3 Å². The highest BCUT2D eigenvalue weighted by Gasteiger charge is 2.29. The first-order valence-electron chi connectivity index (χ1n) is 16.3. The van der Waals surface area contributed by atoms with Crippen molar-refractivity contribution in [3.8, 4) is 28.4 Å².